The molecule has 0 aliphatic rings. The summed E-state index contributed by atoms with van der Waals surface area (Å²) in [6, 6.07) is 23.8. The Morgan fingerprint density at radius 2 is 1.46 bits per heavy atom. The van der Waals surface area contributed by atoms with Gasteiger partial charge in [0.15, 0.2) is 0 Å². The first kappa shape index (κ1) is 12.2. The second-order valence-electron chi connectivity index (χ2n) is 6.41. The molecule has 3 aromatic heterocycles. The van der Waals surface area contributed by atoms with Gasteiger partial charge in [0.25, 0.3) is 0 Å². The highest BCUT2D eigenvalue weighted by atomic mass is 14.9. The molecule has 2 heteroatoms. The lowest BCUT2D eigenvalue weighted by molar-refractivity contribution is 1.22. The van der Waals surface area contributed by atoms with Crippen molar-refractivity contribution in [1.82, 2.24) is 9.38 Å². The molecule has 1 N–H and O–H groups in total. The fourth-order valence-corrected chi connectivity index (χ4v) is 4.07. The second kappa shape index (κ2) is 4.18. The van der Waals surface area contributed by atoms with E-state index in [1.165, 1.54) is 48.9 Å². The first-order valence-electron chi connectivity index (χ1n) is 8.22. The number of H-pyrrole nitrogens is 1. The molecule has 0 saturated carbocycles. The van der Waals surface area contributed by atoms with Gasteiger partial charge >= 0.3 is 0 Å². The normalized spacial score (nSPS) is 12.2. The maximum Gasteiger partial charge on any atom is 0.0614 e. The number of hydrogen-bond acceptors (Lipinski definition) is 0. The molecule has 3 heterocycles. The molecule has 6 rings (SSSR count). The first-order chi connectivity index (χ1) is 11.9. The molecule has 0 unspecified atom stereocenters. The van der Waals surface area contributed by atoms with E-state index < -0.39 is 0 Å². The monoisotopic (exact) mass is 306 g/mol. The van der Waals surface area contributed by atoms with E-state index in [1.54, 1.807) is 0 Å². The molecule has 0 aliphatic carbocycles. The molecular formula is C22H14N2. The highest BCUT2D eigenvalue weighted by Gasteiger charge is 2.13. The zero-order valence-corrected chi connectivity index (χ0v) is 13.0. The van der Waals surface area contributed by atoms with Crippen LogP contribution in [0.25, 0.3) is 48.9 Å². The van der Waals surface area contributed by atoms with E-state index >= 15 is 0 Å². The van der Waals surface area contributed by atoms with Gasteiger partial charge in [-0.2, -0.15) is 0 Å². The van der Waals surface area contributed by atoms with Crippen LogP contribution in [0.5, 0.6) is 0 Å². The first-order valence-corrected chi connectivity index (χ1v) is 8.22. The second-order valence-corrected chi connectivity index (χ2v) is 6.41. The summed E-state index contributed by atoms with van der Waals surface area (Å²) in [5.74, 6) is 0. The van der Waals surface area contributed by atoms with Crippen molar-refractivity contribution in [3.05, 3.63) is 79.1 Å². The van der Waals surface area contributed by atoms with Gasteiger partial charge in [-0.05, 0) is 23.6 Å². The highest BCUT2D eigenvalue weighted by Crippen LogP contribution is 2.37. The van der Waals surface area contributed by atoms with Crippen LogP contribution in [-0.2, 0) is 0 Å². The third kappa shape index (κ3) is 1.41. The molecule has 0 bridgehead atoms. The molecule has 0 amide bonds. The van der Waals surface area contributed by atoms with Gasteiger partial charge in [-0.15, -0.1) is 0 Å². The van der Waals surface area contributed by atoms with E-state index in [4.69, 9.17) is 0 Å². The number of aromatic nitrogens is 2. The molecule has 0 atom stereocenters. The Bertz CT molecular complexity index is 1400. The summed E-state index contributed by atoms with van der Waals surface area (Å²) in [7, 11) is 0. The minimum Gasteiger partial charge on any atom is -0.354 e. The SMILES string of the molecule is c1ccc2c(c1)ccn1cc3ccc4[nH]c5ccccc5c4c3c21. The van der Waals surface area contributed by atoms with Crippen molar-refractivity contribution in [2.24, 2.45) is 0 Å². The Morgan fingerprint density at radius 1 is 0.625 bits per heavy atom. The van der Waals surface area contributed by atoms with Crippen molar-refractivity contribution in [3.63, 3.8) is 0 Å². The fourth-order valence-electron chi connectivity index (χ4n) is 4.07. The molecule has 6 aromatic rings. The lowest BCUT2D eigenvalue weighted by Gasteiger charge is -2.03. The number of nitrogens with one attached hydrogen (secondary N) is 1. The molecule has 0 aliphatic heterocycles. The highest BCUT2D eigenvalue weighted by molar-refractivity contribution is 6.28. The Labute approximate surface area is 137 Å². The number of para-hydroxylation sites is 1. The number of aromatic amines is 1. The van der Waals surface area contributed by atoms with Crippen LogP contribution in [-0.4, -0.2) is 9.38 Å². The van der Waals surface area contributed by atoms with Gasteiger partial charge in [0.05, 0.1) is 5.52 Å². The third-order valence-corrected chi connectivity index (χ3v) is 5.11. The van der Waals surface area contributed by atoms with E-state index in [1.807, 2.05) is 0 Å². The summed E-state index contributed by atoms with van der Waals surface area (Å²) in [4.78, 5) is 3.56. The van der Waals surface area contributed by atoms with Gasteiger partial charge in [-0.25, -0.2) is 0 Å². The molecule has 0 radical (unpaired) electrons. The van der Waals surface area contributed by atoms with E-state index in [0.717, 1.165) is 0 Å². The zero-order valence-electron chi connectivity index (χ0n) is 13.0. The van der Waals surface area contributed by atoms with E-state index in [2.05, 4.69) is 88.5 Å². The van der Waals surface area contributed by atoms with Gasteiger partial charge in [-0.3, -0.25) is 0 Å². The van der Waals surface area contributed by atoms with Crippen LogP contribution < -0.4 is 0 Å². The van der Waals surface area contributed by atoms with Crippen molar-refractivity contribution in [3.8, 4) is 0 Å². The molecule has 112 valence electrons. The molecule has 0 saturated heterocycles. The van der Waals surface area contributed by atoms with Gasteiger partial charge in [0.2, 0.25) is 0 Å². The Balaban J connectivity index is 2.01. The number of benzene rings is 3. The Kier molecular flexibility index (Phi) is 2.12. The van der Waals surface area contributed by atoms with Gasteiger partial charge < -0.3 is 9.38 Å². The van der Waals surface area contributed by atoms with Gasteiger partial charge in [0, 0.05) is 50.4 Å². The summed E-state index contributed by atoms with van der Waals surface area (Å²) in [6.07, 6.45) is 4.40. The van der Waals surface area contributed by atoms with E-state index in [0.29, 0.717) is 0 Å². The number of nitrogens with zero attached hydrogens (tertiary/aromatic N) is 1. The largest absolute Gasteiger partial charge is 0.354 e. The topological polar surface area (TPSA) is 20.2 Å². The average molecular weight is 306 g/mol. The van der Waals surface area contributed by atoms with Crippen LogP contribution in [0.2, 0.25) is 0 Å². The quantitative estimate of drug-likeness (QED) is 0.361. The van der Waals surface area contributed by atoms with E-state index in [-0.39, 0.29) is 0 Å². The molecule has 2 nitrogen and oxygen atoms in total. The lowest BCUT2D eigenvalue weighted by atomic mass is 10.0. The lowest BCUT2D eigenvalue weighted by Crippen LogP contribution is -1.83. The zero-order chi connectivity index (χ0) is 15.7. The van der Waals surface area contributed by atoms with Crippen molar-refractivity contribution >= 4 is 48.9 Å². The summed E-state index contributed by atoms with van der Waals surface area (Å²) < 4.78 is 2.26. The third-order valence-electron chi connectivity index (χ3n) is 5.11. The minimum absolute atomic E-state index is 1.19. The Morgan fingerprint density at radius 3 is 2.42 bits per heavy atom. The number of rotatable bonds is 0. The maximum absolute atomic E-state index is 3.56. The summed E-state index contributed by atoms with van der Waals surface area (Å²) >= 11 is 0. The van der Waals surface area contributed by atoms with Gasteiger partial charge in [0.1, 0.15) is 0 Å². The molecule has 24 heavy (non-hydrogen) atoms. The maximum atomic E-state index is 3.56. The molecule has 0 spiro atoms. The van der Waals surface area contributed by atoms with Gasteiger partial charge in [-0.1, -0.05) is 48.5 Å². The number of hydrogen-bond donors (Lipinski definition) is 1. The van der Waals surface area contributed by atoms with Crippen LogP contribution in [0.3, 0.4) is 0 Å². The standard InChI is InChI=1S/C22H14N2/c1-2-6-16-14(5-1)11-12-24-13-15-9-10-19-21(20(15)22(16)24)17-7-3-4-8-18(17)23-19/h1-13,23H. The predicted octanol–water partition coefficient (Wildman–Crippen LogP) is 5.88. The molecule has 3 aromatic carbocycles. The molecule has 0 fully saturated rings. The summed E-state index contributed by atoms with van der Waals surface area (Å²) in [6.45, 7) is 0. The fraction of sp³-hybridized carbons (Fsp3) is 0. The molecular weight excluding hydrogens is 292 g/mol. The van der Waals surface area contributed by atoms with Crippen LogP contribution in [0.15, 0.2) is 79.1 Å². The van der Waals surface area contributed by atoms with Crippen molar-refractivity contribution < 1.29 is 0 Å². The predicted molar refractivity (Wildman–Crippen MR) is 102 cm³/mol. The van der Waals surface area contributed by atoms with Crippen molar-refractivity contribution in [2.75, 3.05) is 0 Å². The van der Waals surface area contributed by atoms with Crippen molar-refractivity contribution in [1.29, 1.82) is 0 Å². The Hall–Kier alpha value is -3.26. The van der Waals surface area contributed by atoms with Crippen LogP contribution in [0.4, 0.5) is 0 Å². The van der Waals surface area contributed by atoms with Crippen LogP contribution >= 0.6 is 0 Å². The number of pyridine rings is 1. The summed E-state index contributed by atoms with van der Waals surface area (Å²) in [5, 5.41) is 7.81. The van der Waals surface area contributed by atoms with Crippen LogP contribution in [0.1, 0.15) is 0 Å². The minimum atomic E-state index is 1.19. The summed E-state index contributed by atoms with van der Waals surface area (Å²) in [5.41, 5.74) is 3.68. The van der Waals surface area contributed by atoms with Crippen LogP contribution in [0, 0.1) is 0 Å². The number of fused-ring (bicyclic) bond motifs is 9. The smallest absolute Gasteiger partial charge is 0.0614 e. The average Bonchev–Trinajstić information content (AvgIpc) is 3.19. The van der Waals surface area contributed by atoms with E-state index in [9.17, 15) is 0 Å². The van der Waals surface area contributed by atoms with Crippen molar-refractivity contribution in [2.45, 2.75) is 0 Å².